The third-order valence-corrected chi connectivity index (χ3v) is 4.95. The van der Waals surface area contributed by atoms with E-state index in [1.165, 1.54) is 18.3 Å². The fraction of sp³-hybridized carbons (Fsp3) is 0.250. The first-order valence-electron chi connectivity index (χ1n) is 7.25. The second-order valence-corrected chi connectivity index (χ2v) is 7.69. The second kappa shape index (κ2) is 8.50. The van der Waals surface area contributed by atoms with Crippen LogP contribution in [0.4, 0.5) is 8.78 Å². The van der Waals surface area contributed by atoms with Gasteiger partial charge in [-0.25, -0.2) is 8.78 Å². The highest BCUT2D eigenvalue weighted by Gasteiger charge is 2.20. The van der Waals surface area contributed by atoms with Gasteiger partial charge in [-0.1, -0.05) is 6.07 Å². The van der Waals surface area contributed by atoms with Crippen molar-refractivity contribution in [1.82, 2.24) is 10.6 Å². The van der Waals surface area contributed by atoms with Crippen molar-refractivity contribution in [2.75, 3.05) is 6.54 Å². The summed E-state index contributed by atoms with van der Waals surface area (Å²) in [6.45, 7) is 1.22. The Hall–Kier alpha value is -1.84. The van der Waals surface area contributed by atoms with Crippen molar-refractivity contribution in [3.05, 3.63) is 56.2 Å². The molecule has 5 nitrogen and oxygen atoms in total. The number of benzene rings is 1. The van der Waals surface area contributed by atoms with Gasteiger partial charge in [-0.15, -0.1) is 11.3 Å². The maximum absolute atomic E-state index is 13.6. The molecular formula is C16H15BrF2N2O3S. The maximum Gasteiger partial charge on any atom is 0.262 e. The van der Waals surface area contributed by atoms with Crippen molar-refractivity contribution >= 4 is 39.1 Å². The van der Waals surface area contributed by atoms with Crippen LogP contribution in [0, 0.1) is 11.6 Å². The molecule has 9 heteroatoms. The lowest BCUT2D eigenvalue weighted by molar-refractivity contribution is -0.123. The molecule has 1 heterocycles. The van der Waals surface area contributed by atoms with Gasteiger partial charge in [0.25, 0.3) is 5.91 Å². The second-order valence-electron chi connectivity index (χ2n) is 5.23. The summed E-state index contributed by atoms with van der Waals surface area (Å²) in [7, 11) is 0. The largest absolute Gasteiger partial charge is 0.386 e. The zero-order valence-corrected chi connectivity index (χ0v) is 15.5. The fourth-order valence-electron chi connectivity index (χ4n) is 2.00. The van der Waals surface area contributed by atoms with Crippen molar-refractivity contribution < 1.29 is 23.5 Å². The first-order chi connectivity index (χ1) is 11.8. The van der Waals surface area contributed by atoms with Crippen LogP contribution < -0.4 is 10.6 Å². The van der Waals surface area contributed by atoms with E-state index in [9.17, 15) is 23.5 Å². The molecule has 0 radical (unpaired) electrons. The summed E-state index contributed by atoms with van der Waals surface area (Å²) in [5.74, 6) is -2.59. The van der Waals surface area contributed by atoms with Crippen LogP contribution in [0.1, 0.15) is 28.3 Å². The Labute approximate surface area is 155 Å². The van der Waals surface area contributed by atoms with E-state index in [0.29, 0.717) is 10.9 Å². The van der Waals surface area contributed by atoms with E-state index in [1.54, 1.807) is 12.1 Å². The average molecular weight is 433 g/mol. The van der Waals surface area contributed by atoms with E-state index in [-0.39, 0.29) is 12.1 Å². The van der Waals surface area contributed by atoms with Crippen LogP contribution in [0.25, 0.3) is 0 Å². The molecule has 0 aliphatic heterocycles. The summed E-state index contributed by atoms with van der Waals surface area (Å²) in [4.78, 5) is 24.4. The van der Waals surface area contributed by atoms with Crippen LogP contribution in [0.2, 0.25) is 0 Å². The van der Waals surface area contributed by atoms with Gasteiger partial charge < -0.3 is 15.7 Å². The average Bonchev–Trinajstić information content (AvgIpc) is 2.98. The van der Waals surface area contributed by atoms with Gasteiger partial charge >= 0.3 is 0 Å². The number of thiophene rings is 1. The number of aliphatic hydroxyl groups excluding tert-OH is 1. The van der Waals surface area contributed by atoms with E-state index >= 15 is 0 Å². The normalized spacial score (nSPS) is 13.2. The monoisotopic (exact) mass is 432 g/mol. The summed E-state index contributed by atoms with van der Waals surface area (Å²) in [5.41, 5.74) is -0.123. The van der Waals surface area contributed by atoms with Gasteiger partial charge in [0.2, 0.25) is 5.91 Å². The number of hydrogen-bond acceptors (Lipinski definition) is 4. The Kier molecular flexibility index (Phi) is 6.63. The summed E-state index contributed by atoms with van der Waals surface area (Å²) in [6.07, 6.45) is -1.33. The van der Waals surface area contributed by atoms with Gasteiger partial charge in [0, 0.05) is 18.2 Å². The van der Waals surface area contributed by atoms with Crippen molar-refractivity contribution in [3.8, 4) is 0 Å². The van der Waals surface area contributed by atoms with Crippen LogP contribution >= 0.6 is 27.3 Å². The summed E-state index contributed by atoms with van der Waals surface area (Å²) >= 11 is 4.47. The summed E-state index contributed by atoms with van der Waals surface area (Å²) in [5, 5.41) is 14.9. The van der Waals surface area contributed by atoms with Crippen molar-refractivity contribution in [3.63, 3.8) is 0 Å². The van der Waals surface area contributed by atoms with E-state index in [1.807, 2.05) is 0 Å². The molecule has 25 heavy (non-hydrogen) atoms. The molecule has 0 saturated carbocycles. The van der Waals surface area contributed by atoms with Crippen molar-refractivity contribution in [2.45, 2.75) is 19.1 Å². The zero-order chi connectivity index (χ0) is 18.6. The molecule has 2 unspecified atom stereocenters. The van der Waals surface area contributed by atoms with Gasteiger partial charge in [-0.05, 0) is 41.1 Å². The number of carbonyl (C=O) groups is 2. The minimum Gasteiger partial charge on any atom is -0.386 e. The van der Waals surface area contributed by atoms with Gasteiger partial charge in [-0.2, -0.15) is 0 Å². The molecule has 2 aromatic rings. The predicted octanol–water partition coefficient (Wildman–Crippen LogP) is 2.76. The Morgan fingerprint density at radius 2 is 2.00 bits per heavy atom. The number of hydrogen-bond donors (Lipinski definition) is 3. The number of amides is 2. The highest BCUT2D eigenvalue weighted by Crippen LogP contribution is 2.22. The molecule has 134 valence electrons. The van der Waals surface area contributed by atoms with Crippen LogP contribution in [0.3, 0.4) is 0 Å². The molecular weight excluding hydrogens is 418 g/mol. The number of halogens is 3. The Morgan fingerprint density at radius 3 is 2.60 bits per heavy atom. The zero-order valence-electron chi connectivity index (χ0n) is 13.1. The van der Waals surface area contributed by atoms with Gasteiger partial charge in [0.15, 0.2) is 0 Å². The Morgan fingerprint density at radius 1 is 1.28 bits per heavy atom. The number of rotatable bonds is 6. The number of aliphatic hydroxyl groups is 1. The molecule has 0 aliphatic rings. The maximum atomic E-state index is 13.6. The number of nitrogens with one attached hydrogen (secondary N) is 2. The minimum atomic E-state index is -1.33. The van der Waals surface area contributed by atoms with Gasteiger partial charge in [0.05, 0.1) is 14.8 Å². The molecule has 2 atom stereocenters. The molecule has 3 N–H and O–H groups in total. The molecule has 0 aliphatic carbocycles. The summed E-state index contributed by atoms with van der Waals surface area (Å²) < 4.78 is 27.2. The highest BCUT2D eigenvalue weighted by molar-refractivity contribution is 9.11. The quantitative estimate of drug-likeness (QED) is 0.656. The van der Waals surface area contributed by atoms with Crippen molar-refractivity contribution in [1.29, 1.82) is 0 Å². The molecule has 0 saturated heterocycles. The van der Waals surface area contributed by atoms with Crippen LogP contribution in [0.15, 0.2) is 34.1 Å². The molecule has 0 bridgehead atoms. The molecule has 0 fully saturated rings. The SMILES string of the molecule is CC(NC(=O)c1ccc(Br)s1)C(=O)NCC(O)c1ccc(F)cc1F. The van der Waals surface area contributed by atoms with Crippen LogP contribution in [0.5, 0.6) is 0 Å². The lowest BCUT2D eigenvalue weighted by Gasteiger charge is -2.16. The Bertz CT molecular complexity index is 784. The summed E-state index contributed by atoms with van der Waals surface area (Å²) in [6, 6.07) is 5.28. The minimum absolute atomic E-state index is 0.123. The first kappa shape index (κ1) is 19.5. The highest BCUT2D eigenvalue weighted by atomic mass is 79.9. The van der Waals surface area contributed by atoms with Crippen molar-refractivity contribution in [2.24, 2.45) is 0 Å². The molecule has 2 rings (SSSR count). The Balaban J connectivity index is 1.87. The van der Waals surface area contributed by atoms with E-state index < -0.39 is 35.6 Å². The van der Waals surface area contributed by atoms with Gasteiger partial charge in [0.1, 0.15) is 17.7 Å². The first-order valence-corrected chi connectivity index (χ1v) is 8.86. The van der Waals surface area contributed by atoms with Crippen LogP contribution in [-0.2, 0) is 4.79 Å². The predicted molar refractivity (Wildman–Crippen MR) is 93.3 cm³/mol. The molecule has 2 amide bonds. The van der Waals surface area contributed by atoms with Gasteiger partial charge in [-0.3, -0.25) is 9.59 Å². The molecule has 1 aromatic carbocycles. The lowest BCUT2D eigenvalue weighted by Crippen LogP contribution is -2.45. The lowest BCUT2D eigenvalue weighted by atomic mass is 10.1. The third kappa shape index (κ3) is 5.32. The molecule has 0 spiro atoms. The third-order valence-electron chi connectivity index (χ3n) is 3.33. The van der Waals surface area contributed by atoms with E-state index in [0.717, 1.165) is 15.9 Å². The standard InChI is InChI=1S/C16H15BrF2N2O3S/c1-8(21-16(24)13-4-5-14(17)25-13)15(23)20-7-12(22)10-3-2-9(18)6-11(10)19/h2-6,8,12,22H,7H2,1H3,(H,20,23)(H,21,24). The topological polar surface area (TPSA) is 78.4 Å². The molecule has 1 aromatic heterocycles. The number of carbonyl (C=O) groups excluding carboxylic acids is 2. The van der Waals surface area contributed by atoms with Crippen LogP contribution in [-0.4, -0.2) is 29.5 Å². The van der Waals surface area contributed by atoms with E-state index in [2.05, 4.69) is 26.6 Å². The fourth-order valence-corrected chi connectivity index (χ4v) is 3.29. The smallest absolute Gasteiger partial charge is 0.262 e. The van der Waals surface area contributed by atoms with E-state index in [4.69, 9.17) is 0 Å².